The first-order valence-corrected chi connectivity index (χ1v) is 9.54. The average molecular weight is 378 g/mol. The van der Waals surface area contributed by atoms with Crippen LogP contribution in [-0.2, 0) is 6.54 Å². The lowest BCUT2D eigenvalue weighted by atomic mass is 9.91. The third-order valence-corrected chi connectivity index (χ3v) is 5.42. The second-order valence-electron chi connectivity index (χ2n) is 7.11. The number of hydrogen-bond donors (Lipinski definition) is 1. The Morgan fingerprint density at radius 2 is 2.00 bits per heavy atom. The van der Waals surface area contributed by atoms with Crippen molar-refractivity contribution in [1.29, 1.82) is 0 Å². The molecule has 0 aliphatic carbocycles. The van der Waals surface area contributed by atoms with Gasteiger partial charge in [-0.3, -0.25) is 19.4 Å². The van der Waals surface area contributed by atoms with E-state index >= 15 is 0 Å². The van der Waals surface area contributed by atoms with Gasteiger partial charge in [0.05, 0.1) is 11.0 Å². The molecule has 3 aromatic rings. The molecule has 7 heteroatoms. The van der Waals surface area contributed by atoms with E-state index in [0.717, 1.165) is 12.8 Å². The summed E-state index contributed by atoms with van der Waals surface area (Å²) in [4.78, 5) is 45.5. The number of aromatic amines is 1. The number of rotatable bonds is 3. The van der Waals surface area contributed by atoms with E-state index in [1.54, 1.807) is 30.6 Å². The highest BCUT2D eigenvalue weighted by Gasteiger charge is 2.25. The van der Waals surface area contributed by atoms with E-state index in [-0.39, 0.29) is 5.91 Å². The molecule has 1 saturated heterocycles. The number of amides is 1. The molecule has 0 saturated carbocycles. The number of nitrogens with one attached hydrogen (secondary N) is 1. The Bertz CT molecular complexity index is 1130. The van der Waals surface area contributed by atoms with Gasteiger partial charge in [-0.25, -0.2) is 0 Å². The molecule has 1 aromatic carbocycles. The van der Waals surface area contributed by atoms with Crippen molar-refractivity contribution in [3.63, 3.8) is 0 Å². The zero-order valence-corrected chi connectivity index (χ0v) is 15.7. The third kappa shape index (κ3) is 3.24. The number of carbonyl (C=O) groups excluding carboxylic acids is 1. The zero-order valence-electron chi connectivity index (χ0n) is 15.7. The number of likely N-dealkylation sites (tertiary alicyclic amines) is 1. The molecule has 4 rings (SSSR count). The fraction of sp³-hybridized carbons (Fsp3) is 0.333. The lowest BCUT2D eigenvalue weighted by Crippen LogP contribution is -2.39. The lowest BCUT2D eigenvalue weighted by Gasteiger charge is -2.33. The Labute approximate surface area is 161 Å². The van der Waals surface area contributed by atoms with Gasteiger partial charge in [0.1, 0.15) is 0 Å². The molecule has 2 aromatic heterocycles. The fourth-order valence-electron chi connectivity index (χ4n) is 3.98. The van der Waals surface area contributed by atoms with Crippen molar-refractivity contribution in [3.8, 4) is 0 Å². The highest BCUT2D eigenvalue weighted by molar-refractivity contribution is 5.97. The summed E-state index contributed by atoms with van der Waals surface area (Å²) in [6.07, 6.45) is 5.55. The summed E-state index contributed by atoms with van der Waals surface area (Å²) in [7, 11) is 0. The summed E-state index contributed by atoms with van der Waals surface area (Å²) in [5.41, 5.74) is 1.58. The summed E-state index contributed by atoms with van der Waals surface area (Å²) in [6.45, 7) is 3.58. The smallest absolute Gasteiger partial charge is 0.316 e. The number of hydrogen-bond acceptors (Lipinski definition) is 4. The second-order valence-corrected chi connectivity index (χ2v) is 7.11. The van der Waals surface area contributed by atoms with Crippen molar-refractivity contribution >= 4 is 16.9 Å². The monoisotopic (exact) mass is 378 g/mol. The molecule has 144 valence electrons. The molecular formula is C21H22N4O3. The number of piperidine rings is 1. The number of aromatic nitrogens is 3. The van der Waals surface area contributed by atoms with Crippen LogP contribution in [0.3, 0.4) is 0 Å². The normalized spacial score (nSPS) is 17.0. The average Bonchev–Trinajstić information content (AvgIpc) is 2.74. The third-order valence-electron chi connectivity index (χ3n) is 5.42. The minimum atomic E-state index is -0.672. The van der Waals surface area contributed by atoms with Crippen LogP contribution in [0.1, 0.15) is 41.6 Å². The molecule has 1 atom stereocenters. The van der Waals surface area contributed by atoms with Crippen LogP contribution in [0.5, 0.6) is 0 Å². The van der Waals surface area contributed by atoms with E-state index in [9.17, 15) is 14.4 Å². The van der Waals surface area contributed by atoms with Crippen LogP contribution >= 0.6 is 0 Å². The van der Waals surface area contributed by atoms with E-state index in [1.165, 1.54) is 10.1 Å². The van der Waals surface area contributed by atoms with Gasteiger partial charge in [-0.15, -0.1) is 0 Å². The molecule has 1 amide bonds. The maximum atomic E-state index is 13.1. The molecule has 28 heavy (non-hydrogen) atoms. The Balaban J connectivity index is 1.64. The molecule has 7 nitrogen and oxygen atoms in total. The molecule has 1 aliphatic rings. The molecule has 0 spiro atoms. The van der Waals surface area contributed by atoms with Gasteiger partial charge < -0.3 is 14.5 Å². The molecule has 1 aliphatic heterocycles. The Morgan fingerprint density at radius 3 is 2.75 bits per heavy atom. The Kier molecular flexibility index (Phi) is 4.81. The van der Waals surface area contributed by atoms with Gasteiger partial charge in [0.2, 0.25) is 0 Å². The summed E-state index contributed by atoms with van der Waals surface area (Å²) >= 11 is 0. The molecule has 1 N–H and O–H groups in total. The standard InChI is InChI=1S/C21H22N4O3/c1-2-25-18-6-5-15(12-17(18)23-19(26)21(25)28)20(27)24-11-3-4-16(13-24)14-7-9-22-10-8-14/h5-10,12,16H,2-4,11,13H2,1H3,(H,23,26)/t16-/m0/s1. The van der Waals surface area contributed by atoms with Crippen molar-refractivity contribution < 1.29 is 4.79 Å². The van der Waals surface area contributed by atoms with Crippen LogP contribution in [0.2, 0.25) is 0 Å². The highest BCUT2D eigenvalue weighted by Crippen LogP contribution is 2.27. The maximum absolute atomic E-state index is 13.1. The summed E-state index contributed by atoms with van der Waals surface area (Å²) in [6, 6.07) is 9.13. The number of pyridine rings is 1. The minimum absolute atomic E-state index is 0.0595. The van der Waals surface area contributed by atoms with Crippen molar-refractivity contribution in [2.45, 2.75) is 32.2 Å². The first kappa shape index (κ1) is 18.2. The Hall–Kier alpha value is -3.22. The molecule has 3 heterocycles. The van der Waals surface area contributed by atoms with Crippen LogP contribution in [0.15, 0.2) is 52.3 Å². The van der Waals surface area contributed by atoms with E-state index in [0.29, 0.717) is 42.1 Å². The second kappa shape index (κ2) is 7.42. The molecule has 1 fully saturated rings. The van der Waals surface area contributed by atoms with Gasteiger partial charge >= 0.3 is 11.1 Å². The van der Waals surface area contributed by atoms with Crippen LogP contribution in [0.25, 0.3) is 11.0 Å². The van der Waals surface area contributed by atoms with Crippen LogP contribution in [0.4, 0.5) is 0 Å². The van der Waals surface area contributed by atoms with Crippen LogP contribution in [-0.4, -0.2) is 38.4 Å². The molecule has 0 radical (unpaired) electrons. The number of carbonyl (C=O) groups is 1. The largest absolute Gasteiger partial charge is 0.338 e. The topological polar surface area (TPSA) is 88.1 Å². The molecule has 0 bridgehead atoms. The number of fused-ring (bicyclic) bond motifs is 1. The van der Waals surface area contributed by atoms with Gasteiger partial charge in [0.25, 0.3) is 5.91 Å². The first-order chi connectivity index (χ1) is 13.6. The van der Waals surface area contributed by atoms with Crippen molar-refractivity contribution in [1.82, 2.24) is 19.4 Å². The fourth-order valence-corrected chi connectivity index (χ4v) is 3.98. The predicted molar refractivity (Wildman–Crippen MR) is 107 cm³/mol. The van der Waals surface area contributed by atoms with Crippen LogP contribution in [0, 0.1) is 0 Å². The predicted octanol–water partition coefficient (Wildman–Crippen LogP) is 2.12. The zero-order chi connectivity index (χ0) is 19.7. The number of benzene rings is 1. The van der Waals surface area contributed by atoms with Gasteiger partial charge in [0, 0.05) is 43.5 Å². The van der Waals surface area contributed by atoms with Gasteiger partial charge in [-0.2, -0.15) is 0 Å². The van der Waals surface area contributed by atoms with Crippen molar-refractivity contribution in [3.05, 3.63) is 74.6 Å². The first-order valence-electron chi connectivity index (χ1n) is 9.54. The SMILES string of the molecule is CCn1c(=O)c(=O)[nH]c2cc(C(=O)N3CCC[C@H](c4ccncc4)C3)ccc21. The van der Waals surface area contributed by atoms with E-state index < -0.39 is 11.1 Å². The van der Waals surface area contributed by atoms with Crippen molar-refractivity contribution in [2.24, 2.45) is 0 Å². The van der Waals surface area contributed by atoms with Gasteiger partial charge in [-0.1, -0.05) is 0 Å². The lowest BCUT2D eigenvalue weighted by molar-refractivity contribution is 0.0707. The van der Waals surface area contributed by atoms with Crippen LogP contribution < -0.4 is 11.1 Å². The molecule has 0 unspecified atom stereocenters. The summed E-state index contributed by atoms with van der Waals surface area (Å²) in [5.74, 6) is 0.238. The number of H-pyrrole nitrogens is 1. The quantitative estimate of drug-likeness (QED) is 0.707. The maximum Gasteiger partial charge on any atom is 0.316 e. The Morgan fingerprint density at radius 1 is 1.21 bits per heavy atom. The van der Waals surface area contributed by atoms with E-state index in [2.05, 4.69) is 9.97 Å². The van der Waals surface area contributed by atoms with Crippen molar-refractivity contribution in [2.75, 3.05) is 13.1 Å². The summed E-state index contributed by atoms with van der Waals surface area (Å²) in [5, 5.41) is 0. The van der Waals surface area contributed by atoms with E-state index in [4.69, 9.17) is 0 Å². The number of aryl methyl sites for hydroxylation is 1. The molecular weight excluding hydrogens is 356 g/mol. The highest BCUT2D eigenvalue weighted by atomic mass is 16.2. The van der Waals surface area contributed by atoms with E-state index in [1.807, 2.05) is 24.0 Å². The van der Waals surface area contributed by atoms with Gasteiger partial charge in [-0.05, 0) is 55.7 Å². The van der Waals surface area contributed by atoms with Gasteiger partial charge in [0.15, 0.2) is 0 Å². The number of nitrogens with zero attached hydrogens (tertiary/aromatic N) is 3. The summed E-state index contributed by atoms with van der Waals surface area (Å²) < 4.78 is 1.42. The minimum Gasteiger partial charge on any atom is -0.338 e.